The summed E-state index contributed by atoms with van der Waals surface area (Å²) >= 11 is 0. The molecule has 0 fully saturated rings. The van der Waals surface area contributed by atoms with Crippen LogP contribution in [0.4, 0.5) is 10.5 Å². The Labute approximate surface area is 179 Å². The number of hydrogen-bond donors (Lipinski definition) is 1. The maximum Gasteiger partial charge on any atom is 0.322 e. The topological polar surface area (TPSA) is 53.4 Å². The minimum Gasteiger partial charge on any atom is -0.319 e. The van der Waals surface area contributed by atoms with Crippen LogP contribution < -0.4 is 5.32 Å². The van der Waals surface area contributed by atoms with Crippen LogP contribution in [0, 0.1) is 13.8 Å². The third-order valence-corrected chi connectivity index (χ3v) is 4.93. The number of carbonyl (C=O) groups is 1. The average molecular weight is 406 g/mol. The van der Waals surface area contributed by atoms with E-state index in [1.165, 1.54) is 0 Å². The molecule has 0 unspecified atom stereocenters. The molecule has 3 rings (SSSR count). The second-order valence-corrected chi connectivity index (χ2v) is 7.93. The zero-order valence-corrected chi connectivity index (χ0v) is 18.3. The molecule has 158 valence electrons. The summed E-state index contributed by atoms with van der Waals surface area (Å²) in [6.45, 7) is 6.76. The van der Waals surface area contributed by atoms with Gasteiger partial charge in [-0.05, 0) is 57.3 Å². The summed E-state index contributed by atoms with van der Waals surface area (Å²) in [5, 5.41) is 7.60. The third-order valence-electron chi connectivity index (χ3n) is 4.93. The Morgan fingerprint density at radius 2 is 1.70 bits per heavy atom. The van der Waals surface area contributed by atoms with Crippen molar-refractivity contribution in [2.75, 3.05) is 32.5 Å². The molecule has 2 aromatic carbocycles. The highest BCUT2D eigenvalue weighted by atomic mass is 16.2. The molecule has 0 saturated carbocycles. The zero-order valence-electron chi connectivity index (χ0n) is 18.3. The van der Waals surface area contributed by atoms with Crippen LogP contribution in [0.5, 0.6) is 0 Å². The van der Waals surface area contributed by atoms with Crippen molar-refractivity contribution in [3.8, 4) is 0 Å². The molecule has 0 spiro atoms. The van der Waals surface area contributed by atoms with Crippen molar-refractivity contribution in [3.63, 3.8) is 0 Å². The molecule has 1 N–H and O–H groups in total. The van der Waals surface area contributed by atoms with Gasteiger partial charge in [-0.25, -0.2) is 4.79 Å². The number of anilines is 1. The lowest BCUT2D eigenvalue weighted by Gasteiger charge is -2.25. The normalized spacial score (nSPS) is 11.0. The highest BCUT2D eigenvalue weighted by Gasteiger charge is 2.15. The highest BCUT2D eigenvalue weighted by molar-refractivity contribution is 5.89. The molecule has 0 aliphatic heterocycles. The van der Waals surface area contributed by atoms with E-state index in [2.05, 4.69) is 34.4 Å². The summed E-state index contributed by atoms with van der Waals surface area (Å²) in [6, 6.07) is 20.0. The molecule has 1 aromatic heterocycles. The van der Waals surface area contributed by atoms with Gasteiger partial charge >= 0.3 is 6.03 Å². The zero-order chi connectivity index (χ0) is 21.5. The standard InChI is InChI=1S/C24H31N5O/c1-19-15-20(2)29(26-19)18-22-11-8-12-23(16-22)25-24(30)28(14-13-27(3)4)17-21-9-6-5-7-10-21/h5-12,15-16H,13-14,17-18H2,1-4H3,(H,25,30). The van der Waals surface area contributed by atoms with Gasteiger partial charge < -0.3 is 15.1 Å². The van der Waals surface area contributed by atoms with Crippen molar-refractivity contribution >= 4 is 11.7 Å². The first kappa shape index (κ1) is 21.6. The highest BCUT2D eigenvalue weighted by Crippen LogP contribution is 2.15. The number of amides is 2. The van der Waals surface area contributed by atoms with E-state index in [0.717, 1.165) is 34.7 Å². The lowest BCUT2D eigenvalue weighted by atomic mass is 10.2. The van der Waals surface area contributed by atoms with Crippen LogP contribution in [0.2, 0.25) is 0 Å². The van der Waals surface area contributed by atoms with Crippen LogP contribution in [0.15, 0.2) is 60.7 Å². The monoisotopic (exact) mass is 405 g/mol. The molecule has 2 amide bonds. The van der Waals surface area contributed by atoms with E-state index >= 15 is 0 Å². The molecule has 3 aromatic rings. The molecule has 1 heterocycles. The van der Waals surface area contributed by atoms with Gasteiger partial charge in [0.25, 0.3) is 0 Å². The smallest absolute Gasteiger partial charge is 0.319 e. The van der Waals surface area contributed by atoms with Crippen LogP contribution in [-0.2, 0) is 13.1 Å². The van der Waals surface area contributed by atoms with Gasteiger partial charge in [0.05, 0.1) is 12.2 Å². The first-order valence-corrected chi connectivity index (χ1v) is 10.3. The van der Waals surface area contributed by atoms with Crippen LogP contribution in [0.25, 0.3) is 0 Å². The quantitative estimate of drug-likeness (QED) is 0.613. The fourth-order valence-corrected chi connectivity index (χ4v) is 3.33. The van der Waals surface area contributed by atoms with Crippen LogP contribution in [0.3, 0.4) is 0 Å². The van der Waals surface area contributed by atoms with E-state index < -0.39 is 0 Å². The maximum atomic E-state index is 13.0. The predicted octanol–water partition coefficient (Wildman–Crippen LogP) is 4.14. The summed E-state index contributed by atoms with van der Waals surface area (Å²) < 4.78 is 1.98. The lowest BCUT2D eigenvalue weighted by molar-refractivity contribution is 0.202. The van der Waals surface area contributed by atoms with E-state index in [1.807, 2.05) is 79.1 Å². The molecule has 0 aliphatic rings. The van der Waals surface area contributed by atoms with Crippen molar-refractivity contribution in [1.82, 2.24) is 19.6 Å². The van der Waals surface area contributed by atoms with Gasteiger partial charge in [-0.3, -0.25) is 4.68 Å². The summed E-state index contributed by atoms with van der Waals surface area (Å²) in [5.41, 5.74) is 5.14. The fraction of sp³-hybridized carbons (Fsp3) is 0.333. The van der Waals surface area contributed by atoms with Crippen LogP contribution >= 0.6 is 0 Å². The molecular formula is C24H31N5O. The van der Waals surface area contributed by atoms with Crippen molar-refractivity contribution in [1.29, 1.82) is 0 Å². The number of likely N-dealkylation sites (N-methyl/N-ethyl adjacent to an activating group) is 1. The SMILES string of the molecule is Cc1cc(C)n(Cc2cccc(NC(=O)N(CCN(C)C)Cc3ccccc3)c2)n1. The number of urea groups is 1. The first-order chi connectivity index (χ1) is 14.4. The second-order valence-electron chi connectivity index (χ2n) is 7.93. The van der Waals surface area contributed by atoms with Gasteiger partial charge in [0.2, 0.25) is 0 Å². The molecular weight excluding hydrogens is 374 g/mol. The summed E-state index contributed by atoms with van der Waals surface area (Å²) in [7, 11) is 4.03. The molecule has 6 nitrogen and oxygen atoms in total. The number of benzene rings is 2. The molecule has 0 atom stereocenters. The maximum absolute atomic E-state index is 13.0. The first-order valence-electron chi connectivity index (χ1n) is 10.3. The van der Waals surface area contributed by atoms with Gasteiger partial charge in [0, 0.05) is 31.0 Å². The van der Waals surface area contributed by atoms with Crippen molar-refractivity contribution in [2.24, 2.45) is 0 Å². The average Bonchev–Trinajstić information content (AvgIpc) is 3.02. The van der Waals surface area contributed by atoms with E-state index in [4.69, 9.17) is 0 Å². The minimum atomic E-state index is -0.0935. The number of rotatable bonds is 8. The number of carbonyl (C=O) groups excluding carboxylic acids is 1. The third kappa shape index (κ3) is 6.19. The Hall–Kier alpha value is -3.12. The summed E-state index contributed by atoms with van der Waals surface area (Å²) in [5.74, 6) is 0. The number of aromatic nitrogens is 2. The van der Waals surface area contributed by atoms with Crippen LogP contribution in [-0.4, -0.2) is 52.8 Å². The van der Waals surface area contributed by atoms with Gasteiger partial charge in [0.15, 0.2) is 0 Å². The molecule has 0 radical (unpaired) electrons. The van der Waals surface area contributed by atoms with Gasteiger partial charge in [0.1, 0.15) is 0 Å². The van der Waals surface area contributed by atoms with Crippen molar-refractivity contribution in [2.45, 2.75) is 26.9 Å². The Morgan fingerprint density at radius 1 is 0.967 bits per heavy atom. The number of hydrogen-bond acceptors (Lipinski definition) is 3. The largest absolute Gasteiger partial charge is 0.322 e. The lowest BCUT2D eigenvalue weighted by Crippen LogP contribution is -2.39. The van der Waals surface area contributed by atoms with E-state index in [-0.39, 0.29) is 6.03 Å². The Balaban J connectivity index is 1.70. The van der Waals surface area contributed by atoms with E-state index in [9.17, 15) is 4.79 Å². The Kier molecular flexibility index (Phi) is 7.25. The molecule has 0 saturated heterocycles. The van der Waals surface area contributed by atoms with Crippen LogP contribution in [0.1, 0.15) is 22.5 Å². The molecule has 0 bridgehead atoms. The summed E-state index contributed by atoms with van der Waals surface area (Å²) in [4.78, 5) is 17.0. The van der Waals surface area contributed by atoms with Gasteiger partial charge in [-0.15, -0.1) is 0 Å². The fourth-order valence-electron chi connectivity index (χ4n) is 3.33. The molecule has 6 heteroatoms. The number of aryl methyl sites for hydroxylation is 2. The van der Waals surface area contributed by atoms with E-state index in [0.29, 0.717) is 19.6 Å². The van der Waals surface area contributed by atoms with Gasteiger partial charge in [-0.1, -0.05) is 42.5 Å². The molecule has 30 heavy (non-hydrogen) atoms. The van der Waals surface area contributed by atoms with Gasteiger partial charge in [-0.2, -0.15) is 5.10 Å². The Bertz CT molecular complexity index is 965. The van der Waals surface area contributed by atoms with E-state index in [1.54, 1.807) is 0 Å². The summed E-state index contributed by atoms with van der Waals surface area (Å²) in [6.07, 6.45) is 0. The Morgan fingerprint density at radius 3 is 2.37 bits per heavy atom. The van der Waals surface area contributed by atoms with Crippen molar-refractivity contribution < 1.29 is 4.79 Å². The number of nitrogens with zero attached hydrogens (tertiary/aromatic N) is 4. The minimum absolute atomic E-state index is 0.0935. The second kappa shape index (κ2) is 10.1. The predicted molar refractivity (Wildman–Crippen MR) is 122 cm³/mol. The number of nitrogens with one attached hydrogen (secondary N) is 1. The molecule has 0 aliphatic carbocycles. The van der Waals surface area contributed by atoms with Crippen molar-refractivity contribution in [3.05, 3.63) is 83.2 Å².